The van der Waals surface area contributed by atoms with Crippen molar-refractivity contribution in [3.05, 3.63) is 23.9 Å². The predicted molar refractivity (Wildman–Crippen MR) is 154 cm³/mol. The van der Waals surface area contributed by atoms with E-state index in [1.807, 2.05) is 24.1 Å². The molecule has 0 unspecified atom stereocenters. The highest BCUT2D eigenvalue weighted by molar-refractivity contribution is 6.04. The van der Waals surface area contributed by atoms with Gasteiger partial charge in [-0.1, -0.05) is 19.8 Å². The first-order valence-electron chi connectivity index (χ1n) is 14.5. The molecule has 1 aliphatic carbocycles. The van der Waals surface area contributed by atoms with Crippen LogP contribution in [0.2, 0.25) is 0 Å². The van der Waals surface area contributed by atoms with Crippen LogP contribution in [0.1, 0.15) is 44.6 Å². The van der Waals surface area contributed by atoms with Gasteiger partial charge in [-0.3, -0.25) is 14.5 Å². The van der Waals surface area contributed by atoms with Crippen LogP contribution >= 0.6 is 0 Å². The molecular weight excluding hydrogens is 510 g/mol. The minimum atomic E-state index is -0.223. The molecule has 2 amide bonds. The van der Waals surface area contributed by atoms with Crippen molar-refractivity contribution in [3.63, 3.8) is 0 Å². The second-order valence-corrected chi connectivity index (χ2v) is 11.1. The van der Waals surface area contributed by atoms with Crippen molar-refractivity contribution in [3.8, 4) is 5.75 Å². The lowest BCUT2D eigenvalue weighted by atomic mass is 10.0. The number of methoxy groups -OCH3 is 1. The predicted octanol–water partition coefficient (Wildman–Crippen LogP) is 2.95. The van der Waals surface area contributed by atoms with Crippen LogP contribution in [-0.2, 0) is 20.7 Å². The first kappa shape index (κ1) is 26.8. The number of carbonyl (C=O) groups excluding carboxylic acids is 2. The van der Waals surface area contributed by atoms with E-state index < -0.39 is 0 Å². The first-order valence-corrected chi connectivity index (χ1v) is 14.5. The average Bonchev–Trinajstić information content (AvgIpc) is 3.65. The van der Waals surface area contributed by atoms with Gasteiger partial charge in [0.15, 0.2) is 5.82 Å². The van der Waals surface area contributed by atoms with Gasteiger partial charge in [-0.05, 0) is 37.3 Å². The molecule has 1 saturated heterocycles. The third kappa shape index (κ3) is 4.85. The highest BCUT2D eigenvalue weighted by atomic mass is 16.5. The van der Waals surface area contributed by atoms with E-state index in [0.29, 0.717) is 44.0 Å². The molecule has 1 N–H and O–H groups in total. The van der Waals surface area contributed by atoms with Gasteiger partial charge in [0.25, 0.3) is 0 Å². The summed E-state index contributed by atoms with van der Waals surface area (Å²) < 4.78 is 11.2. The van der Waals surface area contributed by atoms with Gasteiger partial charge in [0, 0.05) is 38.8 Å². The van der Waals surface area contributed by atoms with Gasteiger partial charge >= 0.3 is 0 Å². The molecule has 1 aromatic heterocycles. The molecule has 4 aliphatic rings. The number of morpholine rings is 1. The zero-order valence-electron chi connectivity index (χ0n) is 23.7. The summed E-state index contributed by atoms with van der Waals surface area (Å²) in [5.74, 6) is 2.07. The maximum atomic E-state index is 13.2. The van der Waals surface area contributed by atoms with Crippen molar-refractivity contribution in [1.82, 2.24) is 14.9 Å². The summed E-state index contributed by atoms with van der Waals surface area (Å²) in [5.41, 5.74) is 3.47. The molecule has 1 saturated carbocycles. The fourth-order valence-electron chi connectivity index (χ4n) is 6.54. The zero-order valence-corrected chi connectivity index (χ0v) is 23.7. The molecule has 1 atom stereocenters. The summed E-state index contributed by atoms with van der Waals surface area (Å²) in [6.45, 7) is 6.00. The Morgan fingerprint density at radius 1 is 1.15 bits per heavy atom. The highest BCUT2D eigenvalue weighted by Gasteiger charge is 2.41. The molecule has 0 spiro atoms. The number of amides is 2. The van der Waals surface area contributed by atoms with Gasteiger partial charge < -0.3 is 29.5 Å². The van der Waals surface area contributed by atoms with Crippen LogP contribution in [0.4, 0.5) is 28.8 Å². The topological polar surface area (TPSA) is 103 Å². The molecule has 11 nitrogen and oxygen atoms in total. The Bertz CT molecular complexity index is 1280. The number of fused-ring (bicyclic) bond motifs is 2. The number of nitrogens with zero attached hydrogens (tertiary/aromatic N) is 6. The molecule has 214 valence electrons. The normalized spacial score (nSPS) is 21.5. The molecular formula is C29H39N7O4. The van der Waals surface area contributed by atoms with Gasteiger partial charge in [0.05, 0.1) is 44.4 Å². The molecule has 11 heteroatoms. The lowest BCUT2D eigenvalue weighted by molar-refractivity contribution is -0.121. The monoisotopic (exact) mass is 549 g/mol. The van der Waals surface area contributed by atoms with Crippen molar-refractivity contribution < 1.29 is 19.1 Å². The molecule has 0 radical (unpaired) electrons. The van der Waals surface area contributed by atoms with E-state index in [2.05, 4.69) is 27.0 Å². The zero-order chi connectivity index (χ0) is 27.8. The van der Waals surface area contributed by atoms with E-state index in [9.17, 15) is 9.59 Å². The van der Waals surface area contributed by atoms with E-state index in [-0.39, 0.29) is 17.9 Å². The molecule has 2 aromatic rings. The van der Waals surface area contributed by atoms with Gasteiger partial charge in [-0.25, -0.2) is 4.98 Å². The van der Waals surface area contributed by atoms with E-state index >= 15 is 0 Å². The number of aromatic nitrogens is 2. The second-order valence-electron chi connectivity index (χ2n) is 11.1. The maximum absolute atomic E-state index is 13.2. The van der Waals surface area contributed by atoms with Gasteiger partial charge in [0.2, 0.25) is 17.8 Å². The SMILES string of the molecule is CC[C@@H]1C(=O)N(C)c2cnc(Nc3cc4c(cc3OC)N(C(=O)CN3CCOCC3)CC4)nc2N1C1CCCC1. The Balaban J connectivity index is 1.27. The first-order chi connectivity index (χ1) is 19.5. The summed E-state index contributed by atoms with van der Waals surface area (Å²) in [7, 11) is 3.44. The quantitative estimate of drug-likeness (QED) is 0.558. The van der Waals surface area contributed by atoms with E-state index in [1.165, 1.54) is 12.8 Å². The Morgan fingerprint density at radius 2 is 1.93 bits per heavy atom. The number of likely N-dealkylation sites (N-methyl/N-ethyl adjacent to an activating group) is 1. The van der Waals surface area contributed by atoms with Crippen LogP contribution in [0.15, 0.2) is 18.3 Å². The molecule has 6 rings (SSSR count). The lowest BCUT2D eigenvalue weighted by Gasteiger charge is -2.43. The van der Waals surface area contributed by atoms with Crippen molar-refractivity contribution in [2.45, 2.75) is 57.5 Å². The van der Waals surface area contributed by atoms with Crippen molar-refractivity contribution in [1.29, 1.82) is 0 Å². The number of anilines is 5. The smallest absolute Gasteiger partial charge is 0.249 e. The Kier molecular flexibility index (Phi) is 7.50. The molecule has 4 heterocycles. The number of hydrogen-bond acceptors (Lipinski definition) is 9. The summed E-state index contributed by atoms with van der Waals surface area (Å²) in [5, 5.41) is 3.38. The van der Waals surface area contributed by atoms with E-state index in [4.69, 9.17) is 14.5 Å². The summed E-state index contributed by atoms with van der Waals surface area (Å²) >= 11 is 0. The van der Waals surface area contributed by atoms with Crippen LogP contribution < -0.4 is 24.8 Å². The molecule has 40 heavy (non-hydrogen) atoms. The number of benzene rings is 1. The largest absolute Gasteiger partial charge is 0.494 e. The fourth-order valence-corrected chi connectivity index (χ4v) is 6.54. The average molecular weight is 550 g/mol. The van der Waals surface area contributed by atoms with E-state index in [1.54, 1.807) is 18.2 Å². The second kappa shape index (κ2) is 11.2. The van der Waals surface area contributed by atoms with Gasteiger partial charge in [-0.15, -0.1) is 0 Å². The number of hydrogen-bond donors (Lipinski definition) is 1. The number of rotatable bonds is 7. The maximum Gasteiger partial charge on any atom is 0.249 e. The molecule has 3 aliphatic heterocycles. The third-order valence-electron chi connectivity index (χ3n) is 8.72. The van der Waals surface area contributed by atoms with Crippen LogP contribution in [0.25, 0.3) is 0 Å². The summed E-state index contributed by atoms with van der Waals surface area (Å²) in [6.07, 6.45) is 7.72. The van der Waals surface area contributed by atoms with Crippen LogP contribution in [0.3, 0.4) is 0 Å². The van der Waals surface area contributed by atoms with Crippen molar-refractivity contribution in [2.75, 3.05) is 73.6 Å². The number of ether oxygens (including phenoxy) is 2. The number of carbonyl (C=O) groups is 2. The Labute approximate surface area is 235 Å². The Morgan fingerprint density at radius 3 is 2.65 bits per heavy atom. The van der Waals surface area contributed by atoms with Crippen LogP contribution in [-0.4, -0.2) is 92.3 Å². The molecule has 1 aromatic carbocycles. The number of nitrogens with one attached hydrogen (secondary N) is 1. The summed E-state index contributed by atoms with van der Waals surface area (Å²) in [4.78, 5) is 43.9. The van der Waals surface area contributed by atoms with Crippen LogP contribution in [0, 0.1) is 0 Å². The van der Waals surface area contributed by atoms with Crippen molar-refractivity contribution >= 4 is 40.6 Å². The lowest BCUT2D eigenvalue weighted by Crippen LogP contribution is -2.55. The summed E-state index contributed by atoms with van der Waals surface area (Å²) in [6, 6.07) is 4.06. The van der Waals surface area contributed by atoms with Gasteiger partial charge in [0.1, 0.15) is 17.5 Å². The minimum Gasteiger partial charge on any atom is -0.494 e. The highest BCUT2D eigenvalue weighted by Crippen LogP contribution is 2.42. The standard InChI is InChI=1S/C29H39N7O4/c1-4-22-28(38)33(2)24-17-30-29(32-27(24)36(22)20-7-5-6-8-20)31-21-15-19-9-10-35(23(19)16-25(21)39-3)26(37)18-34-11-13-40-14-12-34/h15-17,20,22H,4-14,18H2,1-3H3,(H,30,31,32)/t22-/m1/s1. The van der Waals surface area contributed by atoms with E-state index in [0.717, 1.165) is 67.2 Å². The fraction of sp³-hybridized carbons (Fsp3) is 0.586. The van der Waals surface area contributed by atoms with Crippen molar-refractivity contribution in [2.24, 2.45) is 0 Å². The third-order valence-corrected chi connectivity index (χ3v) is 8.72. The van der Waals surface area contributed by atoms with Crippen LogP contribution in [0.5, 0.6) is 5.75 Å². The molecule has 2 fully saturated rings. The Hall–Kier alpha value is -3.44. The molecule has 0 bridgehead atoms. The minimum absolute atomic E-state index is 0.0950. The van der Waals surface area contributed by atoms with Gasteiger partial charge in [-0.2, -0.15) is 4.98 Å².